The number of fused-ring (bicyclic) bond motifs is 1. The molecule has 100 valence electrons. The van der Waals surface area contributed by atoms with E-state index in [1.807, 2.05) is 18.2 Å². The van der Waals surface area contributed by atoms with Gasteiger partial charge in [0.25, 0.3) is 5.91 Å². The molecule has 20 heavy (non-hydrogen) atoms. The van der Waals surface area contributed by atoms with Crippen molar-refractivity contribution in [2.75, 3.05) is 0 Å². The number of amides is 1. The minimum absolute atomic E-state index is 0.184. The summed E-state index contributed by atoms with van der Waals surface area (Å²) < 4.78 is 5.10. The average molecular weight is 268 g/mol. The Kier molecular flexibility index (Phi) is 3.49. The molecule has 2 N–H and O–H groups in total. The number of carbonyl (C=O) groups excluding carboxylic acids is 1. The van der Waals surface area contributed by atoms with Crippen LogP contribution in [-0.2, 0) is 17.8 Å². The molecule has 5 nitrogen and oxygen atoms in total. The van der Waals surface area contributed by atoms with E-state index in [9.17, 15) is 9.82 Å². The van der Waals surface area contributed by atoms with Gasteiger partial charge in [-0.2, -0.15) is 0 Å². The molecule has 1 aromatic heterocycles. The molecule has 0 saturated heterocycles. The van der Waals surface area contributed by atoms with Crippen molar-refractivity contribution in [3.8, 4) is 0 Å². The number of benzene rings is 1. The first-order valence-electron chi connectivity index (χ1n) is 6.33. The van der Waals surface area contributed by atoms with Gasteiger partial charge in [0.05, 0.1) is 6.61 Å². The molecular weight excluding hydrogens is 255 g/mol. The number of aromatic nitrogens is 1. The smallest absolute Gasteiger partial charge is 0.423 e. The molecule has 6 heteroatoms. The van der Waals surface area contributed by atoms with Gasteiger partial charge in [-0.3, -0.25) is 9.78 Å². The predicted octanol–water partition coefficient (Wildman–Crippen LogP) is 0.229. The topological polar surface area (TPSA) is 71.5 Å². The van der Waals surface area contributed by atoms with Crippen LogP contribution in [0.25, 0.3) is 0 Å². The summed E-state index contributed by atoms with van der Waals surface area (Å²) in [6.07, 6.45) is 3.40. The zero-order chi connectivity index (χ0) is 13.9. The zero-order valence-electron chi connectivity index (χ0n) is 10.7. The van der Waals surface area contributed by atoms with Crippen LogP contribution >= 0.6 is 0 Å². The van der Waals surface area contributed by atoms with Crippen LogP contribution in [0.15, 0.2) is 42.7 Å². The Morgan fingerprint density at radius 1 is 1.45 bits per heavy atom. The Balaban J connectivity index is 1.70. The lowest BCUT2D eigenvalue weighted by molar-refractivity contribution is 0.0951. The molecule has 2 heterocycles. The van der Waals surface area contributed by atoms with Gasteiger partial charge in [0.15, 0.2) is 0 Å². The van der Waals surface area contributed by atoms with Gasteiger partial charge < -0.3 is 15.0 Å². The van der Waals surface area contributed by atoms with E-state index in [1.54, 1.807) is 24.5 Å². The van der Waals surface area contributed by atoms with Crippen molar-refractivity contribution in [2.45, 2.75) is 13.2 Å². The summed E-state index contributed by atoms with van der Waals surface area (Å²) >= 11 is 0. The van der Waals surface area contributed by atoms with Crippen LogP contribution in [0, 0.1) is 0 Å². The minimum atomic E-state index is -0.934. The third-order valence-corrected chi connectivity index (χ3v) is 3.25. The maximum atomic E-state index is 12.1. The highest BCUT2D eigenvalue weighted by molar-refractivity contribution is 6.61. The van der Waals surface area contributed by atoms with Gasteiger partial charge in [0.2, 0.25) is 0 Å². The second-order valence-corrected chi connectivity index (χ2v) is 4.62. The van der Waals surface area contributed by atoms with Gasteiger partial charge >= 0.3 is 7.12 Å². The lowest BCUT2D eigenvalue weighted by atomic mass is 9.79. The van der Waals surface area contributed by atoms with E-state index in [0.717, 1.165) is 11.1 Å². The molecule has 0 spiro atoms. The molecule has 0 unspecified atom stereocenters. The number of pyridine rings is 1. The van der Waals surface area contributed by atoms with Gasteiger partial charge in [0, 0.05) is 24.5 Å². The Morgan fingerprint density at radius 3 is 3.15 bits per heavy atom. The monoisotopic (exact) mass is 268 g/mol. The lowest BCUT2D eigenvalue weighted by Crippen LogP contribution is -2.30. The standard InChI is InChI=1S/C14H13BN2O3/c18-14(17-8-10-2-1-5-16-7-10)11-3-4-12-9-20-15(19)13(12)6-11/h1-7,19H,8-9H2,(H,17,18). The summed E-state index contributed by atoms with van der Waals surface area (Å²) in [6.45, 7) is 0.802. The molecule has 0 radical (unpaired) electrons. The summed E-state index contributed by atoms with van der Waals surface area (Å²) in [7, 11) is -0.934. The van der Waals surface area contributed by atoms with E-state index in [0.29, 0.717) is 24.2 Å². The fourth-order valence-electron chi connectivity index (χ4n) is 2.14. The fourth-order valence-corrected chi connectivity index (χ4v) is 2.14. The number of nitrogens with zero attached hydrogens (tertiary/aromatic N) is 1. The summed E-state index contributed by atoms with van der Waals surface area (Å²) in [5, 5.41) is 12.5. The van der Waals surface area contributed by atoms with Gasteiger partial charge in [-0.25, -0.2) is 0 Å². The van der Waals surface area contributed by atoms with Crippen molar-refractivity contribution in [1.82, 2.24) is 10.3 Å². The summed E-state index contributed by atoms with van der Waals surface area (Å²) in [6, 6.07) is 8.94. The summed E-state index contributed by atoms with van der Waals surface area (Å²) in [4.78, 5) is 16.1. The summed E-state index contributed by atoms with van der Waals surface area (Å²) in [5.41, 5.74) is 3.03. The Bertz CT molecular complexity index is 634. The Labute approximate surface area is 116 Å². The van der Waals surface area contributed by atoms with Crippen molar-refractivity contribution >= 4 is 18.5 Å². The van der Waals surface area contributed by atoms with Crippen LogP contribution in [0.5, 0.6) is 0 Å². The van der Waals surface area contributed by atoms with Crippen LogP contribution < -0.4 is 10.8 Å². The summed E-state index contributed by atoms with van der Waals surface area (Å²) in [5.74, 6) is -0.184. The molecule has 2 aromatic rings. The largest absolute Gasteiger partial charge is 0.491 e. The van der Waals surface area contributed by atoms with E-state index in [2.05, 4.69) is 10.3 Å². The average Bonchev–Trinajstić information content (AvgIpc) is 2.87. The van der Waals surface area contributed by atoms with E-state index in [4.69, 9.17) is 4.65 Å². The number of nitrogens with one attached hydrogen (secondary N) is 1. The molecule has 0 fully saturated rings. The van der Waals surface area contributed by atoms with E-state index in [-0.39, 0.29) is 5.91 Å². The zero-order valence-corrected chi connectivity index (χ0v) is 10.7. The Hall–Kier alpha value is -2.18. The first-order valence-corrected chi connectivity index (χ1v) is 6.33. The second-order valence-electron chi connectivity index (χ2n) is 4.62. The molecule has 0 atom stereocenters. The van der Waals surface area contributed by atoms with Gasteiger partial charge in [-0.05, 0) is 34.8 Å². The molecule has 1 aromatic carbocycles. The quantitative estimate of drug-likeness (QED) is 0.782. The van der Waals surface area contributed by atoms with Gasteiger partial charge in [0.1, 0.15) is 0 Å². The van der Waals surface area contributed by atoms with Crippen molar-refractivity contribution in [3.63, 3.8) is 0 Å². The number of carbonyl (C=O) groups is 1. The maximum absolute atomic E-state index is 12.1. The highest BCUT2D eigenvalue weighted by Gasteiger charge is 2.27. The molecule has 1 aliphatic rings. The molecule has 0 bridgehead atoms. The number of hydrogen-bond acceptors (Lipinski definition) is 4. The minimum Gasteiger partial charge on any atom is -0.423 e. The van der Waals surface area contributed by atoms with E-state index < -0.39 is 7.12 Å². The van der Waals surface area contributed by atoms with Crippen molar-refractivity contribution in [2.24, 2.45) is 0 Å². The molecule has 0 saturated carbocycles. The van der Waals surface area contributed by atoms with E-state index >= 15 is 0 Å². The molecular formula is C14H13BN2O3. The SMILES string of the molecule is O=C(NCc1cccnc1)c1ccc2c(c1)B(O)OC2. The third kappa shape index (κ3) is 2.56. The lowest BCUT2D eigenvalue weighted by Gasteiger charge is -2.06. The molecule has 0 aliphatic carbocycles. The van der Waals surface area contributed by atoms with Crippen molar-refractivity contribution in [1.29, 1.82) is 0 Å². The first kappa shape index (κ1) is 12.8. The van der Waals surface area contributed by atoms with Crippen LogP contribution in [0.3, 0.4) is 0 Å². The van der Waals surface area contributed by atoms with Crippen molar-refractivity contribution < 1.29 is 14.5 Å². The van der Waals surface area contributed by atoms with Crippen LogP contribution in [-0.4, -0.2) is 23.0 Å². The first-order chi connectivity index (χ1) is 9.74. The Morgan fingerprint density at radius 2 is 2.35 bits per heavy atom. The van der Waals surface area contributed by atoms with Crippen LogP contribution in [0.4, 0.5) is 0 Å². The molecule has 1 amide bonds. The second kappa shape index (κ2) is 5.44. The van der Waals surface area contributed by atoms with Gasteiger partial charge in [-0.1, -0.05) is 12.1 Å². The number of rotatable bonds is 3. The molecule has 3 rings (SSSR count). The highest BCUT2D eigenvalue weighted by Crippen LogP contribution is 2.11. The fraction of sp³-hybridized carbons (Fsp3) is 0.143. The molecule has 1 aliphatic heterocycles. The van der Waals surface area contributed by atoms with Crippen molar-refractivity contribution in [3.05, 3.63) is 59.4 Å². The van der Waals surface area contributed by atoms with Crippen LogP contribution in [0.2, 0.25) is 0 Å². The highest BCUT2D eigenvalue weighted by atomic mass is 16.5. The van der Waals surface area contributed by atoms with Crippen LogP contribution in [0.1, 0.15) is 21.5 Å². The normalized spacial score (nSPS) is 13.2. The predicted molar refractivity (Wildman–Crippen MR) is 74.2 cm³/mol. The maximum Gasteiger partial charge on any atom is 0.491 e. The van der Waals surface area contributed by atoms with Gasteiger partial charge in [-0.15, -0.1) is 0 Å². The number of hydrogen-bond donors (Lipinski definition) is 2. The third-order valence-electron chi connectivity index (χ3n) is 3.25. The van der Waals surface area contributed by atoms with E-state index in [1.165, 1.54) is 0 Å².